The molecule has 1 aromatic carbocycles. The van der Waals surface area contributed by atoms with Crippen LogP contribution in [0.2, 0.25) is 5.02 Å². The topological polar surface area (TPSA) is 47.0 Å². The molecule has 4 rings (SSSR count). The van der Waals surface area contributed by atoms with Crippen LogP contribution in [0.1, 0.15) is 32.6 Å². The molecule has 2 aliphatic carbocycles. The molecule has 1 N–H and O–H groups in total. The van der Waals surface area contributed by atoms with Gasteiger partial charge in [-0.15, -0.1) is 0 Å². The summed E-state index contributed by atoms with van der Waals surface area (Å²) in [5.41, 5.74) is 3.05. The van der Waals surface area contributed by atoms with Crippen molar-refractivity contribution in [3.05, 3.63) is 17.2 Å². The van der Waals surface area contributed by atoms with Gasteiger partial charge in [-0.1, -0.05) is 18.0 Å². The standard InChI is InChI=1S/C15H18ClN3OS/c1-2-20-12-8-11(15(12)6-3-7-15)17-13-9(16)4-5-10-14(13)19-21-18-10/h4-5,11-12,17H,2-3,6-8H2,1H3. The molecule has 2 unspecified atom stereocenters. The Balaban J connectivity index is 1.61. The monoisotopic (exact) mass is 323 g/mol. The number of rotatable bonds is 4. The fraction of sp³-hybridized carbons (Fsp3) is 0.600. The summed E-state index contributed by atoms with van der Waals surface area (Å²) in [4.78, 5) is 0. The Morgan fingerprint density at radius 1 is 1.43 bits per heavy atom. The number of hydrogen-bond acceptors (Lipinski definition) is 5. The van der Waals surface area contributed by atoms with E-state index in [1.54, 1.807) is 0 Å². The van der Waals surface area contributed by atoms with Gasteiger partial charge in [-0.25, -0.2) is 0 Å². The third-order valence-corrected chi connectivity index (χ3v) is 5.99. The Hall–Kier alpha value is -0.910. The van der Waals surface area contributed by atoms with Gasteiger partial charge in [0.2, 0.25) is 0 Å². The zero-order valence-electron chi connectivity index (χ0n) is 11.9. The normalized spacial score (nSPS) is 26.6. The highest BCUT2D eigenvalue weighted by Gasteiger charge is 2.59. The van der Waals surface area contributed by atoms with E-state index in [9.17, 15) is 0 Å². The van der Waals surface area contributed by atoms with Crippen LogP contribution in [0.15, 0.2) is 12.1 Å². The number of nitrogens with one attached hydrogen (secondary N) is 1. The van der Waals surface area contributed by atoms with Crippen LogP contribution < -0.4 is 5.32 Å². The molecule has 1 aromatic heterocycles. The zero-order chi connectivity index (χ0) is 14.4. The number of aromatic nitrogens is 2. The lowest BCUT2D eigenvalue weighted by molar-refractivity contribution is -0.157. The smallest absolute Gasteiger partial charge is 0.129 e. The van der Waals surface area contributed by atoms with Crippen LogP contribution in [0, 0.1) is 5.41 Å². The maximum absolute atomic E-state index is 6.38. The first-order valence-corrected chi connectivity index (χ1v) is 8.64. The molecule has 2 aromatic rings. The van der Waals surface area contributed by atoms with Gasteiger partial charge in [0.05, 0.1) is 28.5 Å². The molecule has 2 fully saturated rings. The van der Waals surface area contributed by atoms with Gasteiger partial charge in [0.1, 0.15) is 11.0 Å². The van der Waals surface area contributed by atoms with E-state index < -0.39 is 0 Å². The van der Waals surface area contributed by atoms with Gasteiger partial charge in [0.15, 0.2) is 0 Å². The maximum Gasteiger partial charge on any atom is 0.129 e. The summed E-state index contributed by atoms with van der Waals surface area (Å²) >= 11 is 7.61. The SMILES string of the molecule is CCOC1CC(Nc2c(Cl)ccc3nsnc23)C12CCC2. The van der Waals surface area contributed by atoms with Crippen molar-refractivity contribution in [1.29, 1.82) is 0 Å². The van der Waals surface area contributed by atoms with E-state index >= 15 is 0 Å². The maximum atomic E-state index is 6.38. The molecule has 0 saturated heterocycles. The van der Waals surface area contributed by atoms with Gasteiger partial charge in [-0.2, -0.15) is 8.75 Å². The molecular weight excluding hydrogens is 306 g/mol. The lowest BCUT2D eigenvalue weighted by atomic mass is 9.51. The van der Waals surface area contributed by atoms with Crippen molar-refractivity contribution in [3.63, 3.8) is 0 Å². The molecule has 2 aliphatic rings. The van der Waals surface area contributed by atoms with Crippen LogP contribution in [0.25, 0.3) is 11.0 Å². The Morgan fingerprint density at radius 2 is 2.29 bits per heavy atom. The molecule has 0 amide bonds. The fourth-order valence-electron chi connectivity index (χ4n) is 3.78. The van der Waals surface area contributed by atoms with Crippen molar-refractivity contribution in [2.75, 3.05) is 11.9 Å². The number of hydrogen-bond donors (Lipinski definition) is 1. The molecule has 0 bridgehead atoms. The average molecular weight is 324 g/mol. The minimum atomic E-state index is 0.310. The summed E-state index contributed by atoms with van der Waals surface area (Å²) in [6, 6.07) is 4.27. The van der Waals surface area contributed by atoms with Crippen LogP contribution in [0.5, 0.6) is 0 Å². The van der Waals surface area contributed by atoms with Gasteiger partial charge in [0, 0.05) is 18.1 Å². The Labute approximate surface area is 133 Å². The molecule has 0 aliphatic heterocycles. The highest BCUT2D eigenvalue weighted by atomic mass is 35.5. The van der Waals surface area contributed by atoms with Gasteiger partial charge in [0.25, 0.3) is 0 Å². The lowest BCUT2D eigenvalue weighted by Crippen LogP contribution is -2.64. The second-order valence-corrected chi connectivity index (χ2v) is 6.95. The van der Waals surface area contributed by atoms with E-state index in [0.29, 0.717) is 17.6 Å². The van der Waals surface area contributed by atoms with E-state index in [-0.39, 0.29) is 0 Å². The molecule has 2 atom stereocenters. The minimum absolute atomic E-state index is 0.310. The number of nitrogens with zero attached hydrogens (tertiary/aromatic N) is 2. The number of fused-ring (bicyclic) bond motifs is 1. The Kier molecular flexibility index (Phi) is 3.32. The van der Waals surface area contributed by atoms with E-state index in [0.717, 1.165) is 34.8 Å². The molecule has 2 saturated carbocycles. The highest BCUT2D eigenvalue weighted by Crippen LogP contribution is 2.58. The first kappa shape index (κ1) is 13.7. The number of benzene rings is 1. The summed E-state index contributed by atoms with van der Waals surface area (Å²) < 4.78 is 14.6. The summed E-state index contributed by atoms with van der Waals surface area (Å²) in [5.74, 6) is 0. The van der Waals surface area contributed by atoms with Gasteiger partial charge >= 0.3 is 0 Å². The molecular formula is C15H18ClN3OS. The van der Waals surface area contributed by atoms with E-state index in [4.69, 9.17) is 16.3 Å². The molecule has 0 radical (unpaired) electrons. The zero-order valence-corrected chi connectivity index (χ0v) is 13.5. The second kappa shape index (κ2) is 5.07. The van der Waals surface area contributed by atoms with Crippen LogP contribution in [0.3, 0.4) is 0 Å². The minimum Gasteiger partial charge on any atom is -0.378 e. The van der Waals surface area contributed by atoms with Gasteiger partial charge in [-0.05, 0) is 38.3 Å². The van der Waals surface area contributed by atoms with Crippen molar-refractivity contribution in [1.82, 2.24) is 8.75 Å². The van der Waals surface area contributed by atoms with Crippen molar-refractivity contribution in [2.45, 2.75) is 44.8 Å². The van der Waals surface area contributed by atoms with E-state index in [1.165, 1.54) is 31.0 Å². The summed E-state index contributed by atoms with van der Waals surface area (Å²) in [6.07, 6.45) is 5.26. The third kappa shape index (κ3) is 1.98. The number of ether oxygens (including phenoxy) is 1. The third-order valence-electron chi connectivity index (χ3n) is 5.13. The van der Waals surface area contributed by atoms with E-state index in [1.807, 2.05) is 12.1 Å². The van der Waals surface area contributed by atoms with Crippen LogP contribution >= 0.6 is 23.3 Å². The lowest BCUT2D eigenvalue weighted by Gasteiger charge is -2.61. The summed E-state index contributed by atoms with van der Waals surface area (Å²) in [5, 5.41) is 4.38. The first-order valence-electron chi connectivity index (χ1n) is 7.53. The molecule has 1 spiro atoms. The van der Waals surface area contributed by atoms with Crippen LogP contribution in [0.4, 0.5) is 5.69 Å². The molecule has 1 heterocycles. The van der Waals surface area contributed by atoms with Gasteiger partial charge < -0.3 is 10.1 Å². The molecule has 112 valence electrons. The molecule has 4 nitrogen and oxygen atoms in total. The van der Waals surface area contributed by atoms with Crippen LogP contribution in [-0.4, -0.2) is 27.5 Å². The summed E-state index contributed by atoms with van der Waals surface area (Å²) in [7, 11) is 0. The largest absolute Gasteiger partial charge is 0.378 e. The van der Waals surface area contributed by atoms with Crippen LogP contribution in [-0.2, 0) is 4.74 Å². The van der Waals surface area contributed by atoms with Crippen molar-refractivity contribution in [3.8, 4) is 0 Å². The fourth-order valence-corrected chi connectivity index (χ4v) is 4.53. The second-order valence-electron chi connectivity index (χ2n) is 6.02. The predicted octanol–water partition coefficient (Wildman–Crippen LogP) is 4.10. The van der Waals surface area contributed by atoms with Crippen molar-refractivity contribution < 1.29 is 4.74 Å². The number of halogens is 1. The van der Waals surface area contributed by atoms with Crippen molar-refractivity contribution >= 4 is 40.0 Å². The Morgan fingerprint density at radius 3 is 3.00 bits per heavy atom. The Bertz CT molecular complexity index is 670. The summed E-state index contributed by atoms with van der Waals surface area (Å²) in [6.45, 7) is 2.87. The quantitative estimate of drug-likeness (QED) is 0.920. The average Bonchev–Trinajstić information content (AvgIpc) is 2.86. The first-order chi connectivity index (χ1) is 10.2. The highest BCUT2D eigenvalue weighted by molar-refractivity contribution is 7.00. The van der Waals surface area contributed by atoms with E-state index in [2.05, 4.69) is 21.0 Å². The van der Waals surface area contributed by atoms with Gasteiger partial charge in [-0.3, -0.25) is 0 Å². The van der Waals surface area contributed by atoms with Crippen molar-refractivity contribution in [2.24, 2.45) is 5.41 Å². The predicted molar refractivity (Wildman–Crippen MR) is 86.2 cm³/mol. The molecule has 6 heteroatoms. The molecule has 21 heavy (non-hydrogen) atoms. The number of anilines is 1.